The van der Waals surface area contributed by atoms with Gasteiger partial charge in [0.05, 0.1) is 0 Å². The maximum atomic E-state index is 12.1. The molecule has 0 spiro atoms. The second kappa shape index (κ2) is 5.65. The highest BCUT2D eigenvalue weighted by Crippen LogP contribution is 2.23. The van der Waals surface area contributed by atoms with Crippen molar-refractivity contribution < 1.29 is 13.2 Å². The summed E-state index contributed by atoms with van der Waals surface area (Å²) >= 11 is 0. The van der Waals surface area contributed by atoms with Gasteiger partial charge in [-0.15, -0.1) is 0 Å². The highest BCUT2D eigenvalue weighted by molar-refractivity contribution is 5.80. The molecule has 0 unspecified atom stereocenters. The Morgan fingerprint density at radius 3 is 2.68 bits per heavy atom. The third-order valence-corrected chi connectivity index (χ3v) is 3.08. The minimum atomic E-state index is -4.07. The van der Waals surface area contributed by atoms with Gasteiger partial charge < -0.3 is 9.88 Å². The summed E-state index contributed by atoms with van der Waals surface area (Å²) in [6.07, 6.45) is -2.84. The van der Waals surface area contributed by atoms with Crippen LogP contribution in [-0.2, 0) is 13.1 Å². The molecular formula is C14H17F3N2. The zero-order chi connectivity index (χ0) is 13.9. The average molecular weight is 270 g/mol. The fourth-order valence-corrected chi connectivity index (χ4v) is 2.19. The molecule has 19 heavy (non-hydrogen) atoms. The van der Waals surface area contributed by atoms with Gasteiger partial charge in [0.2, 0.25) is 0 Å². The largest absolute Gasteiger partial charge is 0.389 e. The highest BCUT2D eigenvalue weighted by atomic mass is 19.4. The van der Waals surface area contributed by atoms with Crippen molar-refractivity contribution in [1.82, 2.24) is 9.88 Å². The topological polar surface area (TPSA) is 17.0 Å². The van der Waals surface area contributed by atoms with Gasteiger partial charge in [-0.25, -0.2) is 0 Å². The molecule has 0 saturated heterocycles. The van der Waals surface area contributed by atoms with E-state index in [4.69, 9.17) is 0 Å². The normalized spacial score (nSPS) is 12.2. The third-order valence-electron chi connectivity index (χ3n) is 3.08. The predicted molar refractivity (Wildman–Crippen MR) is 70.0 cm³/mol. The number of hydrogen-bond donors (Lipinski definition) is 1. The lowest BCUT2D eigenvalue weighted by Gasteiger charge is -2.09. The van der Waals surface area contributed by atoms with E-state index in [9.17, 15) is 13.2 Å². The molecule has 2 rings (SSSR count). The first-order valence-corrected chi connectivity index (χ1v) is 6.29. The number of nitrogens with one attached hydrogen (secondary N) is 1. The van der Waals surface area contributed by atoms with Gasteiger partial charge in [-0.2, -0.15) is 13.2 Å². The monoisotopic (exact) mass is 270 g/mol. The zero-order valence-corrected chi connectivity index (χ0v) is 10.8. The summed E-state index contributed by atoms with van der Waals surface area (Å²) in [5.41, 5.74) is 2.13. The van der Waals surface area contributed by atoms with Crippen LogP contribution in [0.4, 0.5) is 13.2 Å². The van der Waals surface area contributed by atoms with Crippen molar-refractivity contribution in [3.8, 4) is 0 Å². The first kappa shape index (κ1) is 13.9. The lowest BCUT2D eigenvalue weighted by atomic mass is 10.1. The lowest BCUT2D eigenvalue weighted by molar-refractivity contribution is -0.135. The zero-order valence-electron chi connectivity index (χ0n) is 10.8. The van der Waals surface area contributed by atoms with Crippen molar-refractivity contribution >= 4 is 10.9 Å². The molecule has 0 saturated carbocycles. The Morgan fingerprint density at radius 1 is 1.21 bits per heavy atom. The van der Waals surface area contributed by atoms with Crippen LogP contribution in [0.25, 0.3) is 10.9 Å². The smallest absolute Gasteiger partial charge is 0.347 e. The average Bonchev–Trinajstić information content (AvgIpc) is 2.71. The molecule has 0 aliphatic heterocycles. The Balaban J connectivity index is 2.12. The first-order chi connectivity index (χ1) is 8.99. The Kier molecular flexibility index (Phi) is 4.14. The number of benzene rings is 1. The number of alkyl halides is 3. The quantitative estimate of drug-likeness (QED) is 0.876. The van der Waals surface area contributed by atoms with Crippen molar-refractivity contribution in [1.29, 1.82) is 0 Å². The van der Waals surface area contributed by atoms with Gasteiger partial charge in [-0.3, -0.25) is 0 Å². The van der Waals surface area contributed by atoms with Crippen LogP contribution in [0.2, 0.25) is 0 Å². The van der Waals surface area contributed by atoms with Gasteiger partial charge in [0, 0.05) is 31.2 Å². The summed E-state index contributed by atoms with van der Waals surface area (Å²) in [5, 5.41) is 4.13. The van der Waals surface area contributed by atoms with Crippen LogP contribution in [0.5, 0.6) is 0 Å². The number of hydrogen-bond acceptors (Lipinski definition) is 1. The summed E-state index contributed by atoms with van der Waals surface area (Å²) in [4.78, 5) is 0. The van der Waals surface area contributed by atoms with Gasteiger partial charge in [-0.1, -0.05) is 12.1 Å². The minimum absolute atomic E-state index is 0.115. The standard InChI is InChI=1S/C14H17F3N2/c1-18-10-11-3-4-12-5-8-19(13(12)9-11)7-2-6-14(15,16)17/h3-5,8-9,18H,2,6-7,10H2,1H3. The molecule has 0 aliphatic rings. The Bertz CT molecular complexity index is 543. The minimum Gasteiger partial charge on any atom is -0.347 e. The van der Waals surface area contributed by atoms with Crippen molar-refractivity contribution in [2.45, 2.75) is 32.1 Å². The summed E-state index contributed by atoms with van der Waals surface area (Å²) in [6, 6.07) is 7.99. The molecule has 104 valence electrons. The first-order valence-electron chi connectivity index (χ1n) is 6.29. The molecule has 0 atom stereocenters. The Morgan fingerprint density at radius 2 is 2.00 bits per heavy atom. The fraction of sp³-hybridized carbons (Fsp3) is 0.429. The predicted octanol–water partition coefficient (Wildman–Crippen LogP) is 3.70. The van der Waals surface area contributed by atoms with Crippen LogP contribution in [0.15, 0.2) is 30.5 Å². The van der Waals surface area contributed by atoms with Crippen LogP contribution >= 0.6 is 0 Å². The second-order valence-corrected chi connectivity index (χ2v) is 4.65. The van der Waals surface area contributed by atoms with E-state index in [1.807, 2.05) is 42.1 Å². The van der Waals surface area contributed by atoms with Gasteiger partial charge in [0.1, 0.15) is 0 Å². The summed E-state index contributed by atoms with van der Waals surface area (Å²) in [7, 11) is 1.87. The molecule has 1 aromatic heterocycles. The lowest BCUT2D eigenvalue weighted by Crippen LogP contribution is -2.09. The molecule has 5 heteroatoms. The van der Waals surface area contributed by atoms with Crippen molar-refractivity contribution in [3.05, 3.63) is 36.0 Å². The van der Waals surface area contributed by atoms with Gasteiger partial charge in [0.25, 0.3) is 0 Å². The summed E-state index contributed by atoms with van der Waals surface area (Å²) in [5.74, 6) is 0. The molecule has 1 aromatic carbocycles. The van der Waals surface area contributed by atoms with Crippen LogP contribution in [0.1, 0.15) is 18.4 Å². The third kappa shape index (κ3) is 3.73. The van der Waals surface area contributed by atoms with Crippen LogP contribution < -0.4 is 5.32 Å². The van der Waals surface area contributed by atoms with Crippen LogP contribution in [0, 0.1) is 0 Å². The van der Waals surface area contributed by atoms with Crippen molar-refractivity contribution in [2.24, 2.45) is 0 Å². The van der Waals surface area contributed by atoms with E-state index in [1.54, 1.807) is 0 Å². The summed E-state index contributed by atoms with van der Waals surface area (Å²) in [6.45, 7) is 1.15. The van der Waals surface area contributed by atoms with Crippen molar-refractivity contribution in [3.63, 3.8) is 0 Å². The molecule has 2 aromatic rings. The molecule has 0 radical (unpaired) electrons. The van der Waals surface area contributed by atoms with E-state index in [2.05, 4.69) is 5.32 Å². The molecule has 0 aliphatic carbocycles. The highest BCUT2D eigenvalue weighted by Gasteiger charge is 2.26. The number of nitrogens with zero attached hydrogens (tertiary/aromatic N) is 1. The van der Waals surface area contributed by atoms with Gasteiger partial charge in [0.15, 0.2) is 0 Å². The van der Waals surface area contributed by atoms with Crippen LogP contribution in [0.3, 0.4) is 0 Å². The fourth-order valence-electron chi connectivity index (χ4n) is 2.19. The van der Waals surface area contributed by atoms with E-state index < -0.39 is 12.6 Å². The van der Waals surface area contributed by atoms with Gasteiger partial charge in [-0.05, 0) is 36.6 Å². The van der Waals surface area contributed by atoms with E-state index in [1.165, 1.54) is 0 Å². The molecule has 1 heterocycles. The molecule has 1 N–H and O–H groups in total. The van der Waals surface area contributed by atoms with E-state index >= 15 is 0 Å². The molecule has 0 bridgehead atoms. The van der Waals surface area contributed by atoms with E-state index in [0.717, 1.165) is 23.0 Å². The SMILES string of the molecule is CNCc1ccc2ccn(CCCC(F)(F)F)c2c1. The number of rotatable bonds is 5. The number of aryl methyl sites for hydroxylation is 1. The molecule has 0 amide bonds. The Hall–Kier alpha value is -1.49. The van der Waals surface area contributed by atoms with E-state index in [0.29, 0.717) is 6.54 Å². The van der Waals surface area contributed by atoms with E-state index in [-0.39, 0.29) is 6.42 Å². The summed E-state index contributed by atoms with van der Waals surface area (Å²) < 4.78 is 38.3. The number of aromatic nitrogens is 1. The maximum absolute atomic E-state index is 12.1. The molecule has 2 nitrogen and oxygen atoms in total. The van der Waals surface area contributed by atoms with Gasteiger partial charge >= 0.3 is 6.18 Å². The maximum Gasteiger partial charge on any atom is 0.389 e. The molecule has 0 fully saturated rings. The Labute approximate surface area is 110 Å². The molecular weight excluding hydrogens is 253 g/mol. The van der Waals surface area contributed by atoms with Crippen molar-refractivity contribution in [2.75, 3.05) is 7.05 Å². The number of fused-ring (bicyclic) bond motifs is 1. The van der Waals surface area contributed by atoms with Crippen LogP contribution in [-0.4, -0.2) is 17.8 Å². The second-order valence-electron chi connectivity index (χ2n) is 4.65. The number of halogens is 3.